The molecule has 0 aromatic carbocycles. The fraction of sp³-hybridized carbons (Fsp3) is 1.00. The quantitative estimate of drug-likeness (QED) is 0.434. The zero-order valence-electron chi connectivity index (χ0n) is 13.1. The molecule has 0 amide bonds. The molecule has 0 aliphatic heterocycles. The van der Waals surface area contributed by atoms with E-state index in [0.717, 1.165) is 17.9 Å². The number of rotatable bonds is 9. The Labute approximate surface area is 117 Å². The van der Waals surface area contributed by atoms with Crippen molar-refractivity contribution < 1.29 is 0 Å². The van der Waals surface area contributed by atoms with Crippen LogP contribution in [0.2, 0.25) is 0 Å². The monoisotopic (exact) mass is 355 g/mol. The molecule has 2 unspecified atom stereocenters. The van der Waals surface area contributed by atoms with E-state index in [2.05, 4.69) is 51.5 Å². The van der Waals surface area contributed by atoms with E-state index >= 15 is 0 Å². The van der Waals surface area contributed by atoms with Crippen molar-refractivity contribution in [2.24, 2.45) is 11.8 Å². The average molecular weight is 355 g/mol. The first kappa shape index (κ1) is 17.7. The van der Waals surface area contributed by atoms with Gasteiger partial charge in [0, 0.05) is 0 Å². The van der Waals surface area contributed by atoms with Gasteiger partial charge in [0.1, 0.15) is 0 Å². The summed E-state index contributed by atoms with van der Waals surface area (Å²) in [5, 5.41) is 0. The summed E-state index contributed by atoms with van der Waals surface area (Å²) in [6, 6.07) is 0.826. The van der Waals surface area contributed by atoms with Crippen molar-refractivity contribution in [3.63, 3.8) is 0 Å². The predicted molar refractivity (Wildman–Crippen MR) is 90.7 cm³/mol. The molecular weight excluding hydrogens is 321 g/mol. The maximum atomic E-state index is 2.59. The van der Waals surface area contributed by atoms with E-state index < -0.39 is 19.8 Å². The SMILES string of the molecule is CCC(C)CCI(C)CC(C(C)C)N(C)CC. The molecule has 0 saturated carbocycles. The molecule has 17 heavy (non-hydrogen) atoms. The van der Waals surface area contributed by atoms with Crippen molar-refractivity contribution in [3.8, 4) is 0 Å². The fourth-order valence-corrected chi connectivity index (χ4v) is 7.76. The zero-order chi connectivity index (χ0) is 13.4. The van der Waals surface area contributed by atoms with Gasteiger partial charge in [-0.1, -0.05) is 0 Å². The van der Waals surface area contributed by atoms with Crippen LogP contribution < -0.4 is 0 Å². The van der Waals surface area contributed by atoms with Gasteiger partial charge in [0.25, 0.3) is 0 Å². The van der Waals surface area contributed by atoms with Gasteiger partial charge in [0.15, 0.2) is 0 Å². The topological polar surface area (TPSA) is 3.24 Å². The van der Waals surface area contributed by atoms with Crippen LogP contribution >= 0.6 is 19.8 Å². The van der Waals surface area contributed by atoms with Crippen LogP contribution in [0.5, 0.6) is 0 Å². The summed E-state index contributed by atoms with van der Waals surface area (Å²) in [5.41, 5.74) is 0. The molecule has 0 fully saturated rings. The second-order valence-electron chi connectivity index (χ2n) is 5.75. The Hall–Kier alpha value is 0.690. The Morgan fingerprint density at radius 1 is 1.12 bits per heavy atom. The third-order valence-electron chi connectivity index (χ3n) is 3.88. The van der Waals surface area contributed by atoms with E-state index in [4.69, 9.17) is 0 Å². The Bertz CT molecular complexity index is 182. The van der Waals surface area contributed by atoms with Crippen molar-refractivity contribution in [1.29, 1.82) is 0 Å². The van der Waals surface area contributed by atoms with Crippen LogP contribution in [0.4, 0.5) is 0 Å². The van der Waals surface area contributed by atoms with Crippen LogP contribution in [-0.2, 0) is 0 Å². The molecule has 0 N–H and O–H groups in total. The molecule has 2 atom stereocenters. The molecule has 0 aromatic rings. The molecule has 0 bridgehead atoms. The van der Waals surface area contributed by atoms with Gasteiger partial charge in [-0.15, -0.1) is 0 Å². The number of halogens is 1. The average Bonchev–Trinajstić information content (AvgIpc) is 2.31. The van der Waals surface area contributed by atoms with Gasteiger partial charge in [-0.2, -0.15) is 0 Å². The fourth-order valence-electron chi connectivity index (χ4n) is 1.96. The van der Waals surface area contributed by atoms with E-state index in [1.165, 1.54) is 23.8 Å². The summed E-state index contributed by atoms with van der Waals surface area (Å²) in [6.45, 7) is 13.0. The molecule has 0 saturated heterocycles. The van der Waals surface area contributed by atoms with E-state index in [0.29, 0.717) is 0 Å². The molecule has 0 aromatic heterocycles. The number of hydrogen-bond acceptors (Lipinski definition) is 1. The summed E-state index contributed by atoms with van der Waals surface area (Å²) in [5.74, 6) is 1.75. The molecule has 0 radical (unpaired) electrons. The van der Waals surface area contributed by atoms with E-state index in [1.54, 1.807) is 4.43 Å². The van der Waals surface area contributed by atoms with Crippen LogP contribution in [0.15, 0.2) is 0 Å². The Balaban J connectivity index is 4.08. The van der Waals surface area contributed by atoms with Gasteiger partial charge in [0.2, 0.25) is 0 Å². The van der Waals surface area contributed by atoms with Crippen molar-refractivity contribution in [1.82, 2.24) is 4.90 Å². The van der Waals surface area contributed by atoms with Gasteiger partial charge >= 0.3 is 117 Å². The Kier molecular flexibility index (Phi) is 9.99. The summed E-state index contributed by atoms with van der Waals surface area (Å²) >= 11 is -0.673. The minimum absolute atomic E-state index is 0.673. The van der Waals surface area contributed by atoms with Crippen molar-refractivity contribution in [2.75, 3.05) is 27.4 Å². The molecule has 0 aliphatic rings. The Morgan fingerprint density at radius 3 is 2.12 bits per heavy atom. The summed E-state index contributed by atoms with van der Waals surface area (Å²) in [6.07, 6.45) is 2.82. The first-order chi connectivity index (χ1) is 7.92. The summed E-state index contributed by atoms with van der Waals surface area (Å²) in [4.78, 5) is 5.15. The number of hydrogen-bond donors (Lipinski definition) is 0. The zero-order valence-corrected chi connectivity index (χ0v) is 15.3. The van der Waals surface area contributed by atoms with E-state index in [1.807, 2.05) is 0 Å². The molecule has 0 aliphatic carbocycles. The van der Waals surface area contributed by atoms with Crippen molar-refractivity contribution in [3.05, 3.63) is 0 Å². The molecule has 0 spiro atoms. The number of nitrogens with zero attached hydrogens (tertiary/aromatic N) is 1. The molecular formula is C15H34IN. The second kappa shape index (κ2) is 9.60. The third kappa shape index (κ3) is 7.66. The molecule has 0 heterocycles. The van der Waals surface area contributed by atoms with Gasteiger partial charge in [-0.05, 0) is 0 Å². The van der Waals surface area contributed by atoms with E-state index in [-0.39, 0.29) is 0 Å². The van der Waals surface area contributed by atoms with E-state index in [9.17, 15) is 0 Å². The first-order valence-electron chi connectivity index (χ1n) is 7.14. The van der Waals surface area contributed by atoms with Crippen molar-refractivity contribution >= 4 is 19.8 Å². The standard InChI is InChI=1S/C15H34IN/c1-8-14(5)10-11-16(6)12-15(13(3)4)17(7)9-2/h13-15H,8-12H2,1-7H3. The summed E-state index contributed by atoms with van der Waals surface area (Å²) < 4.78 is 3.07. The van der Waals surface area contributed by atoms with Crippen LogP contribution in [-0.4, -0.2) is 38.3 Å². The predicted octanol–water partition coefficient (Wildman–Crippen LogP) is 4.54. The van der Waals surface area contributed by atoms with Crippen molar-refractivity contribution in [2.45, 2.75) is 53.5 Å². The van der Waals surface area contributed by atoms with Crippen LogP contribution in [0.25, 0.3) is 0 Å². The van der Waals surface area contributed by atoms with Gasteiger partial charge < -0.3 is 0 Å². The maximum absolute atomic E-state index is 2.59. The number of alkyl halides is 3. The molecule has 1 nitrogen and oxygen atoms in total. The molecule has 0 rings (SSSR count). The van der Waals surface area contributed by atoms with Gasteiger partial charge in [0.05, 0.1) is 0 Å². The third-order valence-corrected chi connectivity index (χ3v) is 8.75. The van der Waals surface area contributed by atoms with Gasteiger partial charge in [-0.25, -0.2) is 0 Å². The first-order valence-corrected chi connectivity index (χ1v) is 12.3. The Morgan fingerprint density at radius 2 is 1.71 bits per heavy atom. The van der Waals surface area contributed by atoms with Crippen LogP contribution in [0, 0.1) is 11.8 Å². The van der Waals surface area contributed by atoms with Crippen LogP contribution in [0.1, 0.15) is 47.5 Å². The second-order valence-corrected chi connectivity index (χ2v) is 11.8. The molecule has 2 heteroatoms. The summed E-state index contributed by atoms with van der Waals surface area (Å²) in [7, 11) is 2.29. The molecule has 106 valence electrons. The van der Waals surface area contributed by atoms with Gasteiger partial charge in [-0.3, -0.25) is 0 Å². The normalized spacial score (nSPS) is 16.4. The van der Waals surface area contributed by atoms with Crippen LogP contribution in [0.3, 0.4) is 0 Å². The minimum atomic E-state index is -0.673.